The van der Waals surface area contributed by atoms with Crippen LogP contribution in [0.4, 0.5) is 0 Å². The number of amides is 1. The summed E-state index contributed by atoms with van der Waals surface area (Å²) in [5.41, 5.74) is 2.04. The van der Waals surface area contributed by atoms with Crippen LogP contribution in [0, 0.1) is 6.92 Å². The quantitative estimate of drug-likeness (QED) is 0.786. The lowest BCUT2D eigenvalue weighted by Gasteiger charge is -2.29. The highest BCUT2D eigenvalue weighted by molar-refractivity contribution is 6.17. The maximum atomic E-state index is 12.0. The fraction of sp³-hybridized carbons (Fsp3) is 0.533. The van der Waals surface area contributed by atoms with Crippen LogP contribution in [-0.4, -0.2) is 17.3 Å². The number of carbonyl (C=O) groups excluding carboxylic acids is 1. The van der Waals surface area contributed by atoms with Gasteiger partial charge in [-0.1, -0.05) is 36.8 Å². The molecule has 0 aliphatic carbocycles. The van der Waals surface area contributed by atoms with E-state index in [1.165, 1.54) is 5.56 Å². The third-order valence-electron chi connectivity index (χ3n) is 3.31. The van der Waals surface area contributed by atoms with Gasteiger partial charge in [0.2, 0.25) is 5.91 Å². The minimum Gasteiger partial charge on any atom is -0.351 e. The van der Waals surface area contributed by atoms with Crippen molar-refractivity contribution < 1.29 is 4.79 Å². The van der Waals surface area contributed by atoms with Crippen molar-refractivity contribution in [2.24, 2.45) is 0 Å². The van der Waals surface area contributed by atoms with Crippen molar-refractivity contribution in [2.75, 3.05) is 5.88 Å². The molecule has 2 nitrogen and oxygen atoms in total. The van der Waals surface area contributed by atoms with Crippen LogP contribution < -0.4 is 5.32 Å². The summed E-state index contributed by atoms with van der Waals surface area (Å²) in [5, 5.41) is 3.09. The van der Waals surface area contributed by atoms with Crippen LogP contribution in [0.25, 0.3) is 0 Å². The molecule has 1 N–H and O–H groups in total. The van der Waals surface area contributed by atoms with E-state index in [2.05, 4.69) is 12.2 Å². The van der Waals surface area contributed by atoms with Crippen molar-refractivity contribution in [1.82, 2.24) is 5.32 Å². The van der Waals surface area contributed by atoms with Gasteiger partial charge < -0.3 is 5.32 Å². The molecule has 100 valence electrons. The topological polar surface area (TPSA) is 29.1 Å². The van der Waals surface area contributed by atoms with E-state index in [0.717, 1.165) is 18.4 Å². The lowest BCUT2D eigenvalue weighted by molar-refractivity contribution is -0.122. The van der Waals surface area contributed by atoms with Gasteiger partial charge in [0.05, 0.1) is 6.42 Å². The largest absolute Gasteiger partial charge is 0.351 e. The van der Waals surface area contributed by atoms with Crippen LogP contribution in [0.15, 0.2) is 24.3 Å². The molecule has 0 bridgehead atoms. The molecule has 0 aromatic heterocycles. The van der Waals surface area contributed by atoms with E-state index in [4.69, 9.17) is 11.6 Å². The number of rotatable bonds is 6. The Morgan fingerprint density at radius 2 is 2.17 bits per heavy atom. The summed E-state index contributed by atoms with van der Waals surface area (Å²) in [4.78, 5) is 12.0. The Labute approximate surface area is 115 Å². The van der Waals surface area contributed by atoms with Crippen LogP contribution in [0.2, 0.25) is 0 Å². The fourth-order valence-corrected chi connectivity index (χ4v) is 2.34. The van der Waals surface area contributed by atoms with Crippen molar-refractivity contribution >= 4 is 17.5 Å². The van der Waals surface area contributed by atoms with Gasteiger partial charge in [-0.15, -0.1) is 11.6 Å². The number of carbonyl (C=O) groups is 1. The molecule has 0 aliphatic rings. The molecular weight excluding hydrogens is 246 g/mol. The summed E-state index contributed by atoms with van der Waals surface area (Å²) in [6.07, 6.45) is 2.11. The molecule has 0 heterocycles. The van der Waals surface area contributed by atoms with E-state index in [1.807, 2.05) is 38.1 Å². The monoisotopic (exact) mass is 267 g/mol. The molecule has 0 aliphatic heterocycles. The number of hydrogen-bond acceptors (Lipinski definition) is 1. The van der Waals surface area contributed by atoms with Gasteiger partial charge >= 0.3 is 0 Å². The maximum Gasteiger partial charge on any atom is 0.224 e. The minimum atomic E-state index is -0.192. The Morgan fingerprint density at radius 1 is 1.44 bits per heavy atom. The van der Waals surface area contributed by atoms with Crippen molar-refractivity contribution in [3.05, 3.63) is 35.4 Å². The molecule has 1 unspecified atom stereocenters. The minimum absolute atomic E-state index is 0.0649. The third kappa shape index (κ3) is 4.69. The van der Waals surface area contributed by atoms with Gasteiger partial charge in [0.25, 0.3) is 0 Å². The van der Waals surface area contributed by atoms with Crippen molar-refractivity contribution in [3.8, 4) is 0 Å². The zero-order chi connectivity index (χ0) is 13.6. The zero-order valence-corrected chi connectivity index (χ0v) is 12.2. The maximum absolute atomic E-state index is 12.0. The Balaban J connectivity index is 2.61. The average molecular weight is 268 g/mol. The van der Waals surface area contributed by atoms with Gasteiger partial charge in [0, 0.05) is 11.4 Å². The van der Waals surface area contributed by atoms with Crippen LogP contribution >= 0.6 is 11.6 Å². The summed E-state index contributed by atoms with van der Waals surface area (Å²) < 4.78 is 0. The Bertz CT molecular complexity index is 405. The van der Waals surface area contributed by atoms with Crippen molar-refractivity contribution in [2.45, 2.75) is 45.6 Å². The zero-order valence-electron chi connectivity index (χ0n) is 11.4. The van der Waals surface area contributed by atoms with Crippen LogP contribution in [0.1, 0.15) is 37.8 Å². The van der Waals surface area contributed by atoms with E-state index in [9.17, 15) is 4.79 Å². The van der Waals surface area contributed by atoms with Gasteiger partial charge in [-0.2, -0.15) is 0 Å². The van der Waals surface area contributed by atoms with Gasteiger partial charge in [-0.05, 0) is 32.3 Å². The molecule has 1 rings (SSSR count). The third-order valence-corrected chi connectivity index (χ3v) is 3.50. The molecule has 1 amide bonds. The highest BCUT2D eigenvalue weighted by Crippen LogP contribution is 2.15. The molecule has 1 aromatic carbocycles. The smallest absolute Gasteiger partial charge is 0.224 e. The molecule has 1 aromatic rings. The van der Waals surface area contributed by atoms with Crippen molar-refractivity contribution in [1.29, 1.82) is 0 Å². The number of halogens is 1. The summed E-state index contributed by atoms with van der Waals surface area (Å²) in [6, 6.07) is 8.04. The molecule has 1 atom stereocenters. The number of aryl methyl sites for hydroxylation is 1. The molecule has 0 saturated heterocycles. The molecule has 0 fully saturated rings. The molecular formula is C15H22ClNO. The lowest BCUT2D eigenvalue weighted by Crippen LogP contribution is -2.46. The second-order valence-corrected chi connectivity index (χ2v) is 5.45. The lowest BCUT2D eigenvalue weighted by atomic mass is 9.95. The van der Waals surface area contributed by atoms with Crippen LogP contribution in [-0.2, 0) is 11.2 Å². The first-order valence-corrected chi connectivity index (χ1v) is 6.95. The SMILES string of the molecule is CCC(C)(CCCl)NC(=O)Cc1cccc(C)c1. The van der Waals surface area contributed by atoms with Crippen LogP contribution in [0.5, 0.6) is 0 Å². The highest BCUT2D eigenvalue weighted by Gasteiger charge is 2.23. The molecule has 0 saturated carbocycles. The first kappa shape index (κ1) is 15.0. The van der Waals surface area contributed by atoms with Gasteiger partial charge in [-0.25, -0.2) is 0 Å². The molecule has 3 heteroatoms. The summed E-state index contributed by atoms with van der Waals surface area (Å²) in [7, 11) is 0. The van der Waals surface area contributed by atoms with E-state index in [0.29, 0.717) is 12.3 Å². The average Bonchev–Trinajstić information content (AvgIpc) is 2.29. The first-order chi connectivity index (χ1) is 8.49. The number of hydrogen-bond donors (Lipinski definition) is 1. The predicted molar refractivity (Wildman–Crippen MR) is 77.1 cm³/mol. The normalized spacial score (nSPS) is 14.0. The summed E-state index contributed by atoms with van der Waals surface area (Å²) in [5.74, 6) is 0.629. The standard InChI is InChI=1S/C15H22ClNO/c1-4-15(3,8-9-16)17-14(18)11-13-7-5-6-12(2)10-13/h5-7,10H,4,8-9,11H2,1-3H3,(H,17,18). The number of alkyl halides is 1. The van der Waals surface area contributed by atoms with Gasteiger partial charge in [-0.3, -0.25) is 4.79 Å². The molecule has 18 heavy (non-hydrogen) atoms. The molecule has 0 radical (unpaired) electrons. The number of benzene rings is 1. The summed E-state index contributed by atoms with van der Waals surface area (Å²) >= 11 is 5.78. The van der Waals surface area contributed by atoms with E-state index >= 15 is 0 Å². The van der Waals surface area contributed by atoms with Gasteiger partial charge in [0.1, 0.15) is 0 Å². The first-order valence-electron chi connectivity index (χ1n) is 6.41. The number of nitrogens with one attached hydrogen (secondary N) is 1. The Hall–Kier alpha value is -1.02. The van der Waals surface area contributed by atoms with E-state index in [1.54, 1.807) is 0 Å². The van der Waals surface area contributed by atoms with Gasteiger partial charge in [0.15, 0.2) is 0 Å². The Kier molecular flexibility index (Phi) is 5.67. The second kappa shape index (κ2) is 6.79. The second-order valence-electron chi connectivity index (χ2n) is 5.07. The van der Waals surface area contributed by atoms with Crippen molar-refractivity contribution in [3.63, 3.8) is 0 Å². The van der Waals surface area contributed by atoms with E-state index < -0.39 is 0 Å². The molecule has 0 spiro atoms. The Morgan fingerprint density at radius 3 is 2.72 bits per heavy atom. The highest BCUT2D eigenvalue weighted by atomic mass is 35.5. The predicted octanol–water partition coefficient (Wildman–Crippen LogP) is 3.45. The van der Waals surface area contributed by atoms with E-state index in [-0.39, 0.29) is 11.4 Å². The summed E-state index contributed by atoms with van der Waals surface area (Å²) in [6.45, 7) is 6.15. The van der Waals surface area contributed by atoms with Crippen LogP contribution in [0.3, 0.4) is 0 Å². The fourth-order valence-electron chi connectivity index (χ4n) is 1.92.